The number of nitro benzene ring substituents is 1. The van der Waals surface area contributed by atoms with Crippen LogP contribution in [0.15, 0.2) is 58.4 Å². The number of aryl methyl sites for hydroxylation is 1. The average molecular weight is 410 g/mol. The third kappa shape index (κ3) is 4.92. The molecule has 150 valence electrons. The second-order valence-corrected chi connectivity index (χ2v) is 8.08. The van der Waals surface area contributed by atoms with Crippen molar-refractivity contribution in [1.29, 1.82) is 0 Å². The topological polar surface area (TPSA) is 75.8 Å². The number of nitro groups is 1. The molecule has 1 aliphatic heterocycles. The van der Waals surface area contributed by atoms with E-state index in [1.165, 1.54) is 17.8 Å². The fraction of sp³-hybridized carbons (Fsp3) is 0.273. The number of carbonyl (C=O) groups excluding carboxylic acids is 1. The molecule has 0 aliphatic carbocycles. The van der Waals surface area contributed by atoms with Gasteiger partial charge in [-0.1, -0.05) is 50.6 Å². The first-order chi connectivity index (χ1) is 13.9. The molecule has 1 aliphatic rings. The van der Waals surface area contributed by atoms with Gasteiger partial charge in [0.05, 0.1) is 15.5 Å². The highest BCUT2D eigenvalue weighted by atomic mass is 32.2. The van der Waals surface area contributed by atoms with Crippen molar-refractivity contribution in [3.63, 3.8) is 0 Å². The van der Waals surface area contributed by atoms with Crippen LogP contribution in [0, 0.1) is 23.0 Å². The fourth-order valence-corrected chi connectivity index (χ4v) is 3.88. The SMILES string of the molecule is CC[C@@H](C)CN1C(=O)/C(=C\c2ccc(C)c([N+](=O)[O-])c2)SC1=Nc1ccccc1. The Bertz CT molecular complexity index is 986. The van der Waals surface area contributed by atoms with Crippen molar-refractivity contribution in [3.8, 4) is 0 Å². The van der Waals surface area contributed by atoms with Crippen LogP contribution in [0.1, 0.15) is 31.4 Å². The van der Waals surface area contributed by atoms with Gasteiger partial charge in [-0.2, -0.15) is 0 Å². The molecule has 0 bridgehead atoms. The number of benzene rings is 2. The number of amides is 1. The van der Waals surface area contributed by atoms with Crippen LogP contribution in [-0.2, 0) is 4.79 Å². The van der Waals surface area contributed by atoms with E-state index in [9.17, 15) is 14.9 Å². The summed E-state index contributed by atoms with van der Waals surface area (Å²) >= 11 is 1.31. The Morgan fingerprint density at radius 3 is 2.62 bits per heavy atom. The quantitative estimate of drug-likeness (QED) is 0.356. The molecule has 2 aromatic rings. The van der Waals surface area contributed by atoms with Gasteiger partial charge < -0.3 is 0 Å². The first-order valence-electron chi connectivity index (χ1n) is 9.49. The zero-order chi connectivity index (χ0) is 21.0. The summed E-state index contributed by atoms with van der Waals surface area (Å²) in [6.45, 7) is 6.47. The van der Waals surface area contributed by atoms with Crippen LogP contribution < -0.4 is 0 Å². The number of aliphatic imine (C=N–C) groups is 1. The van der Waals surface area contributed by atoms with Gasteiger partial charge in [0, 0.05) is 18.2 Å². The lowest BCUT2D eigenvalue weighted by Gasteiger charge is -2.19. The first kappa shape index (κ1) is 20.8. The lowest BCUT2D eigenvalue weighted by molar-refractivity contribution is -0.385. The van der Waals surface area contributed by atoms with Crippen molar-refractivity contribution in [1.82, 2.24) is 4.90 Å². The maximum atomic E-state index is 13.1. The van der Waals surface area contributed by atoms with Gasteiger partial charge in [-0.25, -0.2) is 4.99 Å². The van der Waals surface area contributed by atoms with Crippen molar-refractivity contribution in [2.45, 2.75) is 27.2 Å². The smallest absolute Gasteiger partial charge is 0.272 e. The van der Waals surface area contributed by atoms with E-state index in [1.807, 2.05) is 30.3 Å². The molecule has 0 unspecified atom stereocenters. The molecule has 29 heavy (non-hydrogen) atoms. The number of carbonyl (C=O) groups is 1. The van der Waals surface area contributed by atoms with Gasteiger partial charge in [-0.3, -0.25) is 19.8 Å². The lowest BCUT2D eigenvalue weighted by atomic mass is 10.1. The molecule has 1 fully saturated rings. The van der Waals surface area contributed by atoms with Crippen molar-refractivity contribution < 1.29 is 9.72 Å². The van der Waals surface area contributed by atoms with Crippen LogP contribution in [-0.4, -0.2) is 27.4 Å². The minimum absolute atomic E-state index is 0.0458. The highest BCUT2D eigenvalue weighted by Crippen LogP contribution is 2.35. The third-order valence-corrected chi connectivity index (χ3v) is 5.79. The van der Waals surface area contributed by atoms with Gasteiger partial charge in [-0.15, -0.1) is 0 Å². The summed E-state index contributed by atoms with van der Waals surface area (Å²) < 4.78 is 0. The van der Waals surface area contributed by atoms with Crippen molar-refractivity contribution in [3.05, 3.63) is 74.7 Å². The summed E-state index contributed by atoms with van der Waals surface area (Å²) in [5.41, 5.74) is 2.04. The largest absolute Gasteiger partial charge is 0.286 e. The van der Waals surface area contributed by atoms with E-state index in [-0.39, 0.29) is 11.6 Å². The van der Waals surface area contributed by atoms with Crippen molar-refractivity contribution in [2.75, 3.05) is 6.54 Å². The molecule has 1 heterocycles. The van der Waals surface area contributed by atoms with Crippen LogP contribution >= 0.6 is 11.8 Å². The minimum Gasteiger partial charge on any atom is -0.286 e. The Hall–Kier alpha value is -2.93. The molecule has 0 aromatic heterocycles. The molecule has 0 radical (unpaired) electrons. The zero-order valence-electron chi connectivity index (χ0n) is 16.7. The van der Waals surface area contributed by atoms with E-state index in [0.717, 1.165) is 12.1 Å². The molecule has 1 atom stereocenters. The molecule has 1 saturated heterocycles. The maximum absolute atomic E-state index is 13.1. The van der Waals surface area contributed by atoms with Crippen LogP contribution in [0.4, 0.5) is 11.4 Å². The number of amidine groups is 1. The average Bonchev–Trinajstić information content (AvgIpc) is 2.98. The summed E-state index contributed by atoms with van der Waals surface area (Å²) in [7, 11) is 0. The number of hydrogen-bond acceptors (Lipinski definition) is 5. The summed E-state index contributed by atoms with van der Waals surface area (Å²) in [6, 6.07) is 14.5. The number of nitrogens with zero attached hydrogens (tertiary/aromatic N) is 3. The molecule has 0 spiro atoms. The van der Waals surface area contributed by atoms with Gasteiger partial charge in [0.15, 0.2) is 5.17 Å². The monoisotopic (exact) mass is 409 g/mol. The molecule has 3 rings (SSSR count). The predicted molar refractivity (Wildman–Crippen MR) is 118 cm³/mol. The number of para-hydroxylation sites is 1. The Balaban J connectivity index is 1.97. The molecular weight excluding hydrogens is 386 g/mol. The van der Waals surface area contributed by atoms with E-state index in [0.29, 0.717) is 33.7 Å². The molecule has 0 saturated carbocycles. The highest BCUT2D eigenvalue weighted by Gasteiger charge is 2.34. The molecule has 6 nitrogen and oxygen atoms in total. The van der Waals surface area contributed by atoms with E-state index in [2.05, 4.69) is 18.8 Å². The van der Waals surface area contributed by atoms with Crippen LogP contribution in [0.3, 0.4) is 0 Å². The van der Waals surface area contributed by atoms with Crippen LogP contribution in [0.25, 0.3) is 6.08 Å². The van der Waals surface area contributed by atoms with Gasteiger partial charge in [0.2, 0.25) is 0 Å². The highest BCUT2D eigenvalue weighted by molar-refractivity contribution is 8.18. The first-order valence-corrected chi connectivity index (χ1v) is 10.3. The van der Waals surface area contributed by atoms with Crippen molar-refractivity contribution in [2.24, 2.45) is 10.9 Å². The van der Waals surface area contributed by atoms with E-state index < -0.39 is 4.92 Å². The summed E-state index contributed by atoms with van der Waals surface area (Å²) in [4.78, 5) is 30.8. The second kappa shape index (κ2) is 9.05. The predicted octanol–water partition coefficient (Wildman–Crippen LogP) is 5.55. The van der Waals surface area contributed by atoms with Crippen molar-refractivity contribution >= 4 is 40.3 Å². The maximum Gasteiger partial charge on any atom is 0.272 e. The Morgan fingerprint density at radius 1 is 1.24 bits per heavy atom. The minimum atomic E-state index is -0.404. The fourth-order valence-electron chi connectivity index (χ4n) is 2.87. The number of thioether (sulfide) groups is 1. The van der Waals surface area contributed by atoms with Gasteiger partial charge in [-0.05, 0) is 48.4 Å². The summed E-state index contributed by atoms with van der Waals surface area (Å²) in [6.07, 6.45) is 2.66. The standard InChI is InChI=1S/C22H23N3O3S/c1-4-15(2)14-24-21(26)20(29-22(24)23-18-8-6-5-7-9-18)13-17-11-10-16(3)19(12-17)25(27)28/h5-13,15H,4,14H2,1-3H3/b20-13+,23-22?/t15-/m1/s1. The van der Waals surface area contributed by atoms with Crippen LogP contribution in [0.2, 0.25) is 0 Å². The van der Waals surface area contributed by atoms with Gasteiger partial charge in [0.1, 0.15) is 0 Å². The Labute approximate surface area is 174 Å². The summed E-state index contributed by atoms with van der Waals surface area (Å²) in [5.74, 6) is 0.216. The lowest BCUT2D eigenvalue weighted by Crippen LogP contribution is -2.33. The zero-order valence-corrected chi connectivity index (χ0v) is 17.5. The van der Waals surface area contributed by atoms with E-state index in [1.54, 1.807) is 30.0 Å². The molecular formula is C22H23N3O3S. The van der Waals surface area contributed by atoms with Crippen LogP contribution in [0.5, 0.6) is 0 Å². The Kier molecular flexibility index (Phi) is 6.49. The molecule has 0 N–H and O–H groups in total. The van der Waals surface area contributed by atoms with E-state index in [4.69, 9.17) is 0 Å². The summed E-state index contributed by atoms with van der Waals surface area (Å²) in [5, 5.41) is 11.9. The molecule has 7 heteroatoms. The number of rotatable bonds is 6. The Morgan fingerprint density at radius 2 is 1.97 bits per heavy atom. The second-order valence-electron chi connectivity index (χ2n) is 7.07. The van der Waals surface area contributed by atoms with Gasteiger partial charge in [0.25, 0.3) is 11.6 Å². The van der Waals surface area contributed by atoms with E-state index >= 15 is 0 Å². The molecule has 2 aromatic carbocycles. The normalized spacial score (nSPS) is 17.9. The molecule has 1 amide bonds. The number of hydrogen-bond donors (Lipinski definition) is 0. The van der Waals surface area contributed by atoms with Gasteiger partial charge >= 0.3 is 0 Å². The third-order valence-electron chi connectivity index (χ3n) is 4.79.